The van der Waals surface area contributed by atoms with Gasteiger partial charge in [0.15, 0.2) is 12.4 Å². The van der Waals surface area contributed by atoms with Gasteiger partial charge in [0.2, 0.25) is 5.89 Å². The van der Waals surface area contributed by atoms with Crippen molar-refractivity contribution in [1.29, 1.82) is 0 Å². The third kappa shape index (κ3) is 6.03. The van der Waals surface area contributed by atoms with Crippen LogP contribution in [0.15, 0.2) is 28.8 Å². The van der Waals surface area contributed by atoms with Gasteiger partial charge < -0.3 is 18.9 Å². The maximum Gasteiger partial charge on any atom is 0.261 e. The summed E-state index contributed by atoms with van der Waals surface area (Å²) >= 11 is 0. The van der Waals surface area contributed by atoms with E-state index in [-0.39, 0.29) is 24.4 Å². The lowest BCUT2D eigenvalue weighted by Crippen LogP contribution is -2.41. The molecule has 1 aliphatic carbocycles. The van der Waals surface area contributed by atoms with E-state index in [4.69, 9.17) is 14.0 Å². The van der Waals surface area contributed by atoms with Crippen LogP contribution in [-0.2, 0) is 16.0 Å². The van der Waals surface area contributed by atoms with E-state index in [1.807, 2.05) is 0 Å². The second-order valence-corrected chi connectivity index (χ2v) is 8.37. The van der Waals surface area contributed by atoms with E-state index in [1.165, 1.54) is 49.9 Å². The summed E-state index contributed by atoms with van der Waals surface area (Å²) in [7, 11) is 0. The molecule has 1 amide bonds. The summed E-state index contributed by atoms with van der Waals surface area (Å²) < 4.78 is 29.8. The molecule has 0 N–H and O–H groups in total. The van der Waals surface area contributed by atoms with Crippen molar-refractivity contribution in [2.24, 2.45) is 5.92 Å². The van der Waals surface area contributed by atoms with E-state index in [9.17, 15) is 9.18 Å². The van der Waals surface area contributed by atoms with Gasteiger partial charge in [-0.05, 0) is 62.3 Å². The Balaban J connectivity index is 1.28. The van der Waals surface area contributed by atoms with Crippen molar-refractivity contribution >= 4 is 5.91 Å². The summed E-state index contributed by atoms with van der Waals surface area (Å²) in [6.45, 7) is 1.90. The zero-order valence-corrected chi connectivity index (χ0v) is 17.8. The van der Waals surface area contributed by atoms with Crippen LogP contribution in [0.1, 0.15) is 62.7 Å². The van der Waals surface area contributed by atoms with Crippen molar-refractivity contribution in [3.05, 3.63) is 41.8 Å². The van der Waals surface area contributed by atoms with Crippen molar-refractivity contribution in [3.8, 4) is 5.75 Å². The van der Waals surface area contributed by atoms with Crippen molar-refractivity contribution in [1.82, 2.24) is 15.0 Å². The third-order valence-electron chi connectivity index (χ3n) is 6.07. The molecule has 1 aliphatic heterocycles. The molecule has 0 radical (unpaired) electrons. The number of hydrogen-bond acceptors (Lipinski definition) is 6. The number of benzene rings is 1. The Labute approximate surface area is 181 Å². The molecule has 168 valence electrons. The zero-order chi connectivity index (χ0) is 21.5. The van der Waals surface area contributed by atoms with Crippen LogP contribution in [0.4, 0.5) is 4.39 Å². The number of piperidine rings is 1. The van der Waals surface area contributed by atoms with Gasteiger partial charge in [-0.25, -0.2) is 4.39 Å². The van der Waals surface area contributed by atoms with E-state index in [1.54, 1.807) is 4.90 Å². The molecule has 1 saturated carbocycles. The average Bonchev–Trinajstić information content (AvgIpc) is 3.48. The Bertz CT molecular complexity index is 836. The molecular formula is C23H30FN3O4. The number of amides is 1. The molecule has 2 fully saturated rings. The van der Waals surface area contributed by atoms with Crippen molar-refractivity contribution in [2.75, 3.05) is 26.4 Å². The van der Waals surface area contributed by atoms with E-state index in [0.717, 1.165) is 25.9 Å². The molecule has 1 aromatic heterocycles. The topological polar surface area (TPSA) is 77.7 Å². The van der Waals surface area contributed by atoms with Gasteiger partial charge in [-0.3, -0.25) is 4.79 Å². The van der Waals surface area contributed by atoms with Crippen LogP contribution >= 0.6 is 0 Å². The molecule has 0 bridgehead atoms. The normalized spacial score (nSPS) is 19.6. The number of rotatable bonds is 9. The van der Waals surface area contributed by atoms with Crippen LogP contribution in [0.25, 0.3) is 0 Å². The molecule has 0 spiro atoms. The first-order valence-electron chi connectivity index (χ1n) is 11.3. The van der Waals surface area contributed by atoms with Crippen LogP contribution in [0, 0.1) is 11.7 Å². The van der Waals surface area contributed by atoms with Gasteiger partial charge in [0, 0.05) is 19.6 Å². The van der Waals surface area contributed by atoms with Crippen LogP contribution in [0.5, 0.6) is 5.75 Å². The second-order valence-electron chi connectivity index (χ2n) is 8.37. The smallest absolute Gasteiger partial charge is 0.261 e. The highest BCUT2D eigenvalue weighted by Gasteiger charge is 2.32. The van der Waals surface area contributed by atoms with Crippen LogP contribution in [-0.4, -0.2) is 47.3 Å². The Hall–Kier alpha value is -2.48. The first-order valence-corrected chi connectivity index (χ1v) is 11.3. The van der Waals surface area contributed by atoms with Crippen LogP contribution < -0.4 is 4.74 Å². The lowest BCUT2D eigenvalue weighted by Gasteiger charge is -2.33. The fraction of sp³-hybridized carbons (Fsp3) is 0.609. The monoisotopic (exact) mass is 431 g/mol. The Morgan fingerprint density at radius 2 is 1.90 bits per heavy atom. The molecular weight excluding hydrogens is 401 g/mol. The molecule has 4 rings (SSSR count). The summed E-state index contributed by atoms with van der Waals surface area (Å²) in [6, 6.07) is 5.39. The lowest BCUT2D eigenvalue weighted by molar-refractivity contribution is -0.138. The van der Waals surface area contributed by atoms with Gasteiger partial charge in [-0.2, -0.15) is 4.98 Å². The van der Waals surface area contributed by atoms with Gasteiger partial charge >= 0.3 is 0 Å². The average molecular weight is 432 g/mol. The van der Waals surface area contributed by atoms with E-state index >= 15 is 0 Å². The molecule has 2 heterocycles. The summed E-state index contributed by atoms with van der Waals surface area (Å²) in [6.07, 6.45) is 8.46. The highest BCUT2D eigenvalue weighted by atomic mass is 19.1. The summed E-state index contributed by atoms with van der Waals surface area (Å²) in [4.78, 5) is 19.1. The minimum absolute atomic E-state index is 0.113. The lowest BCUT2D eigenvalue weighted by atomic mass is 10.0. The Morgan fingerprint density at radius 3 is 2.71 bits per heavy atom. The second kappa shape index (κ2) is 10.7. The number of likely N-dealkylation sites (tertiary alicyclic amines) is 1. The number of halogens is 1. The number of nitrogens with zero attached hydrogens (tertiary/aromatic N) is 3. The van der Waals surface area contributed by atoms with Gasteiger partial charge in [0.1, 0.15) is 17.6 Å². The van der Waals surface area contributed by atoms with E-state index < -0.39 is 0 Å². The van der Waals surface area contributed by atoms with Gasteiger partial charge in [0.25, 0.3) is 5.91 Å². The Kier molecular flexibility index (Phi) is 7.51. The van der Waals surface area contributed by atoms with E-state index in [2.05, 4.69) is 10.1 Å². The molecule has 1 atom stereocenters. The SMILES string of the molecule is O=C(COc1ccc(F)cc1)N1CCCCC1c1nc(CCOCC2CCCC2)no1. The van der Waals surface area contributed by atoms with Gasteiger partial charge in [-0.15, -0.1) is 0 Å². The first kappa shape index (κ1) is 21.7. The summed E-state index contributed by atoms with van der Waals surface area (Å²) in [5.41, 5.74) is 0. The minimum Gasteiger partial charge on any atom is -0.484 e. The molecule has 2 aromatic rings. The quantitative estimate of drug-likeness (QED) is 0.557. The van der Waals surface area contributed by atoms with Crippen molar-refractivity contribution in [3.63, 3.8) is 0 Å². The molecule has 2 aliphatic rings. The maximum absolute atomic E-state index is 13.0. The summed E-state index contributed by atoms with van der Waals surface area (Å²) in [5, 5.41) is 4.09. The van der Waals surface area contributed by atoms with Crippen LogP contribution in [0.3, 0.4) is 0 Å². The van der Waals surface area contributed by atoms with E-state index in [0.29, 0.717) is 43.0 Å². The van der Waals surface area contributed by atoms with Crippen LogP contribution in [0.2, 0.25) is 0 Å². The first-order chi connectivity index (χ1) is 15.2. The number of carbonyl (C=O) groups excluding carboxylic acids is 1. The number of aromatic nitrogens is 2. The van der Waals surface area contributed by atoms with Gasteiger partial charge in [0.05, 0.1) is 6.61 Å². The Morgan fingerprint density at radius 1 is 1.13 bits per heavy atom. The standard InChI is InChI=1S/C23H30FN3O4/c24-18-8-10-19(11-9-18)30-16-22(28)27-13-4-3-7-20(27)23-25-21(26-31-23)12-14-29-15-17-5-1-2-6-17/h8-11,17,20H,1-7,12-16H2. The molecule has 31 heavy (non-hydrogen) atoms. The van der Waals surface area contributed by atoms with Crippen molar-refractivity contribution < 1.29 is 23.2 Å². The largest absolute Gasteiger partial charge is 0.484 e. The number of ether oxygens (including phenoxy) is 2. The third-order valence-corrected chi connectivity index (χ3v) is 6.07. The summed E-state index contributed by atoms with van der Waals surface area (Å²) in [5.74, 6) is 1.75. The predicted octanol–water partition coefficient (Wildman–Crippen LogP) is 4.09. The fourth-order valence-electron chi connectivity index (χ4n) is 4.34. The zero-order valence-electron chi connectivity index (χ0n) is 17.8. The molecule has 7 nitrogen and oxygen atoms in total. The van der Waals surface area contributed by atoms with Crippen molar-refractivity contribution in [2.45, 2.75) is 57.4 Å². The molecule has 1 saturated heterocycles. The minimum atomic E-state index is -0.342. The molecule has 1 unspecified atom stereocenters. The number of carbonyl (C=O) groups is 1. The molecule has 1 aromatic carbocycles. The molecule has 8 heteroatoms. The maximum atomic E-state index is 13.0. The highest BCUT2D eigenvalue weighted by molar-refractivity contribution is 5.78. The highest BCUT2D eigenvalue weighted by Crippen LogP contribution is 2.30. The van der Waals surface area contributed by atoms with Gasteiger partial charge in [-0.1, -0.05) is 18.0 Å². The predicted molar refractivity (Wildman–Crippen MR) is 111 cm³/mol. The fourth-order valence-corrected chi connectivity index (χ4v) is 4.34. The number of hydrogen-bond donors (Lipinski definition) is 0.